The van der Waals surface area contributed by atoms with Gasteiger partial charge in [0.15, 0.2) is 0 Å². The number of aromatic nitrogens is 4. The van der Waals surface area contributed by atoms with Crippen molar-refractivity contribution >= 4 is 22.8 Å². The van der Waals surface area contributed by atoms with Gasteiger partial charge in [-0.05, 0) is 54.4 Å². The molecular weight excluding hydrogens is 440 g/mol. The number of rotatable bonds is 5. The van der Waals surface area contributed by atoms with Gasteiger partial charge in [0, 0.05) is 36.1 Å². The Hall–Kier alpha value is -4.56. The van der Waals surface area contributed by atoms with Crippen LogP contribution in [0.4, 0.5) is 5.82 Å². The van der Waals surface area contributed by atoms with Crippen molar-refractivity contribution in [2.45, 2.75) is 13.0 Å². The zero-order valence-corrected chi connectivity index (χ0v) is 18.8. The highest BCUT2D eigenvalue weighted by Crippen LogP contribution is 2.36. The van der Waals surface area contributed by atoms with Crippen molar-refractivity contribution in [3.8, 4) is 22.8 Å². The molecule has 0 saturated carbocycles. The van der Waals surface area contributed by atoms with E-state index in [1.807, 2.05) is 36.5 Å². The molecule has 0 unspecified atom stereocenters. The van der Waals surface area contributed by atoms with Crippen LogP contribution < -0.4 is 15.4 Å². The molecule has 8 heteroatoms. The van der Waals surface area contributed by atoms with Crippen LogP contribution in [0.25, 0.3) is 22.3 Å². The number of carbonyl (C=O) groups excluding carboxylic acids is 1. The summed E-state index contributed by atoms with van der Waals surface area (Å²) in [6.07, 6.45) is 6.01. The molecule has 0 radical (unpaired) electrons. The van der Waals surface area contributed by atoms with Gasteiger partial charge in [-0.2, -0.15) is 0 Å². The largest absolute Gasteiger partial charge is 0.457 e. The van der Waals surface area contributed by atoms with Crippen LogP contribution in [0.3, 0.4) is 0 Å². The van der Waals surface area contributed by atoms with Crippen molar-refractivity contribution in [1.82, 2.24) is 25.3 Å². The Morgan fingerprint density at radius 2 is 1.89 bits per heavy atom. The van der Waals surface area contributed by atoms with Gasteiger partial charge in [0.05, 0.1) is 11.1 Å². The molecule has 0 spiro atoms. The monoisotopic (exact) mass is 462 g/mol. The molecular formula is C27H22N6O2. The van der Waals surface area contributed by atoms with Gasteiger partial charge in [0.1, 0.15) is 29.3 Å². The zero-order chi connectivity index (χ0) is 23.6. The minimum atomic E-state index is -0.234. The third kappa shape index (κ3) is 4.22. The summed E-state index contributed by atoms with van der Waals surface area (Å²) in [4.78, 5) is 28.9. The van der Waals surface area contributed by atoms with Crippen molar-refractivity contribution in [2.75, 3.05) is 11.9 Å². The van der Waals surface area contributed by atoms with Crippen LogP contribution in [-0.4, -0.2) is 32.4 Å². The van der Waals surface area contributed by atoms with Crippen molar-refractivity contribution in [2.24, 2.45) is 0 Å². The summed E-state index contributed by atoms with van der Waals surface area (Å²) in [6, 6.07) is 18.8. The Balaban J connectivity index is 1.33. The van der Waals surface area contributed by atoms with Crippen molar-refractivity contribution in [3.05, 3.63) is 96.1 Å². The first-order chi connectivity index (χ1) is 17.2. The van der Waals surface area contributed by atoms with E-state index in [1.165, 1.54) is 17.5 Å². The van der Waals surface area contributed by atoms with E-state index in [4.69, 9.17) is 4.74 Å². The molecule has 0 fully saturated rings. The minimum Gasteiger partial charge on any atom is -0.457 e. The summed E-state index contributed by atoms with van der Waals surface area (Å²) < 4.78 is 6.33. The number of anilines is 1. The Labute approximate surface area is 201 Å². The second-order valence-electron chi connectivity index (χ2n) is 8.30. The fourth-order valence-corrected chi connectivity index (χ4v) is 4.31. The van der Waals surface area contributed by atoms with Crippen LogP contribution in [0.2, 0.25) is 0 Å². The maximum absolute atomic E-state index is 12.6. The zero-order valence-electron chi connectivity index (χ0n) is 18.8. The molecule has 6 rings (SSSR count). The average molecular weight is 463 g/mol. The first kappa shape index (κ1) is 21.0. The van der Waals surface area contributed by atoms with E-state index >= 15 is 0 Å². The SMILES string of the molecule is O=C(Nc1cc(-c2c[nH]c3nccc(Oc4ccc5c(c4)CNCC5)c23)ncn1)c1ccccc1. The topological polar surface area (TPSA) is 105 Å². The van der Waals surface area contributed by atoms with Crippen LogP contribution >= 0.6 is 0 Å². The Kier molecular flexibility index (Phi) is 5.40. The molecule has 1 amide bonds. The van der Waals surface area contributed by atoms with Gasteiger partial charge in [0.2, 0.25) is 0 Å². The standard InChI is InChI=1S/C27H22N6O2/c34-27(18-4-2-1-3-5-18)33-24-13-22(31-16-32-24)21-15-30-26-25(21)23(9-11-29-26)35-20-7-6-17-8-10-28-14-19(17)12-20/h1-7,9,11-13,15-16,28H,8,10,14H2,(H,29,30)(H,31,32,33,34). The summed E-state index contributed by atoms with van der Waals surface area (Å²) in [5.41, 5.74) is 5.29. The van der Waals surface area contributed by atoms with Crippen LogP contribution in [-0.2, 0) is 13.0 Å². The number of pyridine rings is 1. The quantitative estimate of drug-likeness (QED) is 0.349. The maximum Gasteiger partial charge on any atom is 0.256 e. The van der Waals surface area contributed by atoms with Gasteiger partial charge in [-0.1, -0.05) is 24.3 Å². The van der Waals surface area contributed by atoms with E-state index < -0.39 is 0 Å². The van der Waals surface area contributed by atoms with E-state index in [0.29, 0.717) is 28.5 Å². The smallest absolute Gasteiger partial charge is 0.256 e. The highest BCUT2D eigenvalue weighted by atomic mass is 16.5. The number of hydrogen-bond donors (Lipinski definition) is 3. The fourth-order valence-electron chi connectivity index (χ4n) is 4.31. The molecule has 0 saturated heterocycles. The molecule has 4 heterocycles. The lowest BCUT2D eigenvalue weighted by atomic mass is 10.0. The molecule has 8 nitrogen and oxygen atoms in total. The number of ether oxygens (including phenoxy) is 1. The second-order valence-corrected chi connectivity index (χ2v) is 8.30. The Morgan fingerprint density at radius 1 is 0.971 bits per heavy atom. The van der Waals surface area contributed by atoms with E-state index in [1.54, 1.807) is 24.4 Å². The average Bonchev–Trinajstić information content (AvgIpc) is 3.35. The second kappa shape index (κ2) is 9.00. The summed E-state index contributed by atoms with van der Waals surface area (Å²) in [5.74, 6) is 1.61. The molecule has 2 aromatic carbocycles. The van der Waals surface area contributed by atoms with E-state index in [0.717, 1.165) is 36.2 Å². The third-order valence-electron chi connectivity index (χ3n) is 6.05. The summed E-state index contributed by atoms with van der Waals surface area (Å²) in [5, 5.41) is 7.05. The molecule has 1 aliphatic heterocycles. The summed E-state index contributed by atoms with van der Waals surface area (Å²) >= 11 is 0. The number of H-pyrrole nitrogens is 1. The van der Waals surface area contributed by atoms with Gasteiger partial charge in [-0.3, -0.25) is 4.79 Å². The lowest BCUT2D eigenvalue weighted by molar-refractivity contribution is 0.102. The highest BCUT2D eigenvalue weighted by Gasteiger charge is 2.17. The van der Waals surface area contributed by atoms with E-state index in [-0.39, 0.29) is 5.91 Å². The summed E-state index contributed by atoms with van der Waals surface area (Å²) in [6.45, 7) is 1.84. The van der Waals surface area contributed by atoms with Crippen molar-refractivity contribution in [3.63, 3.8) is 0 Å². The lowest BCUT2D eigenvalue weighted by Crippen LogP contribution is -2.23. The molecule has 3 aromatic heterocycles. The first-order valence-corrected chi connectivity index (χ1v) is 11.4. The predicted molar refractivity (Wildman–Crippen MR) is 133 cm³/mol. The number of aromatic amines is 1. The summed E-state index contributed by atoms with van der Waals surface area (Å²) in [7, 11) is 0. The van der Waals surface area contributed by atoms with Crippen LogP contribution in [0.5, 0.6) is 11.5 Å². The number of nitrogens with one attached hydrogen (secondary N) is 3. The molecule has 0 bridgehead atoms. The Bertz CT molecular complexity index is 1530. The fraction of sp³-hybridized carbons (Fsp3) is 0.111. The first-order valence-electron chi connectivity index (χ1n) is 11.4. The Morgan fingerprint density at radius 3 is 2.80 bits per heavy atom. The van der Waals surface area contributed by atoms with Crippen molar-refractivity contribution in [1.29, 1.82) is 0 Å². The minimum absolute atomic E-state index is 0.234. The van der Waals surface area contributed by atoms with Crippen LogP contribution in [0.15, 0.2) is 79.4 Å². The van der Waals surface area contributed by atoms with Gasteiger partial charge >= 0.3 is 0 Å². The number of hydrogen-bond acceptors (Lipinski definition) is 6. The molecule has 5 aromatic rings. The molecule has 0 aliphatic carbocycles. The maximum atomic E-state index is 12.6. The number of carbonyl (C=O) groups is 1. The van der Waals surface area contributed by atoms with Gasteiger partial charge in [-0.15, -0.1) is 0 Å². The molecule has 3 N–H and O–H groups in total. The number of benzene rings is 2. The number of fused-ring (bicyclic) bond motifs is 2. The van der Waals surface area contributed by atoms with Gasteiger partial charge in [-0.25, -0.2) is 15.0 Å². The number of nitrogens with zero attached hydrogens (tertiary/aromatic N) is 3. The van der Waals surface area contributed by atoms with Gasteiger partial charge in [0.25, 0.3) is 5.91 Å². The van der Waals surface area contributed by atoms with E-state index in [2.05, 4.69) is 42.7 Å². The molecule has 0 atom stereocenters. The van der Waals surface area contributed by atoms with Crippen molar-refractivity contribution < 1.29 is 9.53 Å². The molecule has 1 aliphatic rings. The number of amides is 1. The molecule has 172 valence electrons. The highest BCUT2D eigenvalue weighted by molar-refractivity contribution is 6.04. The van der Waals surface area contributed by atoms with E-state index in [9.17, 15) is 4.79 Å². The van der Waals surface area contributed by atoms with Crippen LogP contribution in [0, 0.1) is 0 Å². The van der Waals surface area contributed by atoms with Gasteiger partial charge < -0.3 is 20.4 Å². The lowest BCUT2D eigenvalue weighted by Gasteiger charge is -2.18. The normalized spacial score (nSPS) is 12.8. The van der Waals surface area contributed by atoms with Crippen LogP contribution in [0.1, 0.15) is 21.5 Å². The third-order valence-corrected chi connectivity index (χ3v) is 6.05. The predicted octanol–water partition coefficient (Wildman–Crippen LogP) is 4.71. The molecule has 35 heavy (non-hydrogen) atoms.